The molecule has 1 saturated heterocycles. The molecule has 2 heterocycles. The molecule has 0 radical (unpaired) electrons. The van der Waals surface area contributed by atoms with E-state index in [4.69, 9.17) is 0 Å². The molecule has 0 spiro atoms. The van der Waals surface area contributed by atoms with Gasteiger partial charge in [-0.1, -0.05) is 13.8 Å². The van der Waals surface area contributed by atoms with Crippen molar-refractivity contribution in [3.05, 3.63) is 11.1 Å². The van der Waals surface area contributed by atoms with Crippen LogP contribution in [-0.2, 0) is 4.79 Å². The van der Waals surface area contributed by atoms with Crippen LogP contribution in [0.1, 0.15) is 44.7 Å². The highest BCUT2D eigenvalue weighted by Crippen LogP contribution is 2.41. The number of hydrogen-bond donors (Lipinski definition) is 1. The molecule has 3 rings (SSSR count). The van der Waals surface area contributed by atoms with E-state index in [1.807, 2.05) is 4.90 Å². The van der Waals surface area contributed by atoms with Gasteiger partial charge in [-0.2, -0.15) is 0 Å². The number of hydrogen-bond acceptors (Lipinski definition) is 4. The number of nitrogens with one attached hydrogen (secondary N) is 1. The van der Waals surface area contributed by atoms with Crippen LogP contribution in [0.2, 0.25) is 0 Å². The van der Waals surface area contributed by atoms with Crippen molar-refractivity contribution in [1.29, 1.82) is 0 Å². The van der Waals surface area contributed by atoms with Crippen LogP contribution >= 0.6 is 11.3 Å². The van der Waals surface area contributed by atoms with Crippen LogP contribution in [0.3, 0.4) is 0 Å². The summed E-state index contributed by atoms with van der Waals surface area (Å²) < 4.78 is 0. The Bertz CT molecular complexity index is 453. The largest absolute Gasteiger partial charge is 0.304 e. The standard InChI is InChI=1S/C13H19N3OS/c1-8(2)14-10-5-6-16(12(10)17)13-15-11(7-18-13)9-3-4-9/h7-10,14H,3-6H2,1-2H3. The third-order valence-electron chi connectivity index (χ3n) is 3.48. The van der Waals surface area contributed by atoms with Crippen LogP contribution in [0, 0.1) is 0 Å². The van der Waals surface area contributed by atoms with Crippen molar-refractivity contribution in [2.75, 3.05) is 11.4 Å². The smallest absolute Gasteiger partial charge is 0.245 e. The van der Waals surface area contributed by atoms with E-state index in [1.165, 1.54) is 18.5 Å². The Morgan fingerprint density at radius 3 is 2.89 bits per heavy atom. The molecule has 1 N–H and O–H groups in total. The molecule has 1 saturated carbocycles. The normalized spacial score (nSPS) is 24.3. The first-order chi connectivity index (χ1) is 8.65. The number of carbonyl (C=O) groups excluding carboxylic acids is 1. The summed E-state index contributed by atoms with van der Waals surface area (Å²) in [4.78, 5) is 18.7. The van der Waals surface area contributed by atoms with Crippen LogP contribution < -0.4 is 10.2 Å². The number of aromatic nitrogens is 1. The van der Waals surface area contributed by atoms with Gasteiger partial charge in [0, 0.05) is 23.9 Å². The van der Waals surface area contributed by atoms with Gasteiger partial charge in [-0.15, -0.1) is 11.3 Å². The van der Waals surface area contributed by atoms with Crippen LogP contribution in [-0.4, -0.2) is 29.5 Å². The second-order valence-electron chi connectivity index (χ2n) is 5.48. The Labute approximate surface area is 111 Å². The predicted octanol–water partition coefficient (Wildman–Crippen LogP) is 2.12. The fraction of sp³-hybridized carbons (Fsp3) is 0.692. The number of rotatable bonds is 4. The molecule has 2 aliphatic rings. The maximum absolute atomic E-state index is 12.3. The molecule has 1 aliphatic carbocycles. The Balaban J connectivity index is 1.70. The highest BCUT2D eigenvalue weighted by Gasteiger charge is 2.35. The summed E-state index contributed by atoms with van der Waals surface area (Å²) in [6.07, 6.45) is 3.40. The molecule has 1 aromatic rings. The summed E-state index contributed by atoms with van der Waals surface area (Å²) in [5, 5.41) is 6.32. The first-order valence-corrected chi connectivity index (χ1v) is 7.56. The Kier molecular flexibility index (Phi) is 3.11. The molecule has 0 aromatic carbocycles. The molecule has 1 aliphatic heterocycles. The summed E-state index contributed by atoms with van der Waals surface area (Å²) in [7, 11) is 0. The Morgan fingerprint density at radius 1 is 1.44 bits per heavy atom. The van der Waals surface area contributed by atoms with E-state index in [2.05, 4.69) is 29.5 Å². The molecule has 1 aromatic heterocycles. The van der Waals surface area contributed by atoms with E-state index in [0.29, 0.717) is 12.0 Å². The SMILES string of the molecule is CC(C)NC1CCN(c2nc(C3CC3)cs2)C1=O. The predicted molar refractivity (Wildman–Crippen MR) is 73.1 cm³/mol. The molecule has 1 atom stereocenters. The average molecular weight is 265 g/mol. The monoisotopic (exact) mass is 265 g/mol. The molecular weight excluding hydrogens is 246 g/mol. The number of nitrogens with zero attached hydrogens (tertiary/aromatic N) is 2. The second kappa shape index (κ2) is 4.63. The van der Waals surface area contributed by atoms with Crippen molar-refractivity contribution in [2.45, 2.75) is 51.1 Å². The van der Waals surface area contributed by atoms with Gasteiger partial charge >= 0.3 is 0 Å². The van der Waals surface area contributed by atoms with Crippen molar-refractivity contribution < 1.29 is 4.79 Å². The molecule has 0 bridgehead atoms. The van der Waals surface area contributed by atoms with E-state index in [1.54, 1.807) is 11.3 Å². The number of amides is 1. The third kappa shape index (κ3) is 2.29. The first kappa shape index (κ1) is 12.1. The molecule has 5 heteroatoms. The zero-order valence-electron chi connectivity index (χ0n) is 10.8. The molecule has 1 unspecified atom stereocenters. The minimum atomic E-state index is -0.0294. The van der Waals surface area contributed by atoms with E-state index in [9.17, 15) is 4.79 Å². The van der Waals surface area contributed by atoms with Crippen LogP contribution in [0.15, 0.2) is 5.38 Å². The van der Waals surface area contributed by atoms with E-state index >= 15 is 0 Å². The summed E-state index contributed by atoms with van der Waals surface area (Å²) in [6, 6.07) is 0.315. The van der Waals surface area contributed by atoms with Gasteiger partial charge in [0.15, 0.2) is 5.13 Å². The molecule has 98 valence electrons. The number of thiazole rings is 1. The van der Waals surface area contributed by atoms with Gasteiger partial charge in [0.05, 0.1) is 11.7 Å². The minimum Gasteiger partial charge on any atom is -0.304 e. The lowest BCUT2D eigenvalue weighted by Gasteiger charge is -2.16. The van der Waals surface area contributed by atoms with E-state index in [0.717, 1.165) is 18.1 Å². The van der Waals surface area contributed by atoms with Gasteiger partial charge in [0.2, 0.25) is 5.91 Å². The lowest BCUT2D eigenvalue weighted by Crippen LogP contribution is -2.41. The average Bonchev–Trinajstić information content (AvgIpc) is 2.96. The van der Waals surface area contributed by atoms with Crippen molar-refractivity contribution in [3.8, 4) is 0 Å². The van der Waals surface area contributed by atoms with Crippen molar-refractivity contribution >= 4 is 22.4 Å². The van der Waals surface area contributed by atoms with Gasteiger partial charge in [0.25, 0.3) is 0 Å². The lowest BCUT2D eigenvalue weighted by molar-refractivity contribution is -0.118. The molecule has 4 nitrogen and oxygen atoms in total. The molecule has 18 heavy (non-hydrogen) atoms. The minimum absolute atomic E-state index is 0.0294. The van der Waals surface area contributed by atoms with E-state index < -0.39 is 0 Å². The zero-order chi connectivity index (χ0) is 12.7. The first-order valence-electron chi connectivity index (χ1n) is 6.68. The Hall–Kier alpha value is -0.940. The topological polar surface area (TPSA) is 45.2 Å². The van der Waals surface area contributed by atoms with Crippen molar-refractivity contribution in [3.63, 3.8) is 0 Å². The highest BCUT2D eigenvalue weighted by atomic mass is 32.1. The second-order valence-corrected chi connectivity index (χ2v) is 6.32. The summed E-state index contributed by atoms with van der Waals surface area (Å²) >= 11 is 1.61. The van der Waals surface area contributed by atoms with Crippen LogP contribution in [0.25, 0.3) is 0 Å². The number of carbonyl (C=O) groups is 1. The maximum Gasteiger partial charge on any atom is 0.245 e. The lowest BCUT2D eigenvalue weighted by atomic mass is 10.2. The third-order valence-corrected chi connectivity index (χ3v) is 4.36. The van der Waals surface area contributed by atoms with Crippen LogP contribution in [0.4, 0.5) is 5.13 Å². The van der Waals surface area contributed by atoms with Gasteiger partial charge in [-0.3, -0.25) is 9.69 Å². The van der Waals surface area contributed by atoms with Crippen molar-refractivity contribution in [2.24, 2.45) is 0 Å². The van der Waals surface area contributed by atoms with Gasteiger partial charge in [0.1, 0.15) is 0 Å². The maximum atomic E-state index is 12.3. The highest BCUT2D eigenvalue weighted by molar-refractivity contribution is 7.14. The fourth-order valence-electron chi connectivity index (χ4n) is 2.39. The van der Waals surface area contributed by atoms with Gasteiger partial charge < -0.3 is 5.32 Å². The number of anilines is 1. The zero-order valence-corrected chi connectivity index (χ0v) is 11.7. The summed E-state index contributed by atoms with van der Waals surface area (Å²) in [6.45, 7) is 4.94. The van der Waals surface area contributed by atoms with Crippen molar-refractivity contribution in [1.82, 2.24) is 10.3 Å². The molecule has 2 fully saturated rings. The van der Waals surface area contributed by atoms with Gasteiger partial charge in [-0.05, 0) is 19.3 Å². The summed E-state index contributed by atoms with van der Waals surface area (Å²) in [5.41, 5.74) is 1.18. The van der Waals surface area contributed by atoms with Crippen LogP contribution in [0.5, 0.6) is 0 Å². The molecular formula is C13H19N3OS. The summed E-state index contributed by atoms with van der Waals surface area (Å²) in [5.74, 6) is 0.845. The Morgan fingerprint density at radius 2 is 2.22 bits per heavy atom. The fourth-order valence-corrected chi connectivity index (χ4v) is 3.33. The molecule has 1 amide bonds. The van der Waals surface area contributed by atoms with Gasteiger partial charge in [-0.25, -0.2) is 4.98 Å². The quantitative estimate of drug-likeness (QED) is 0.907. The van der Waals surface area contributed by atoms with E-state index in [-0.39, 0.29) is 11.9 Å².